The second kappa shape index (κ2) is 7.07. The van der Waals surface area contributed by atoms with E-state index in [2.05, 4.69) is 17.5 Å². The first-order chi connectivity index (χ1) is 7.99. The number of thioether (sulfide) groups is 1. The number of rotatable bonds is 6. The Kier molecular flexibility index (Phi) is 6.06. The van der Waals surface area contributed by atoms with Crippen molar-refractivity contribution in [3.8, 4) is 0 Å². The van der Waals surface area contributed by atoms with Gasteiger partial charge in [0.15, 0.2) is 0 Å². The molecule has 1 aliphatic carbocycles. The maximum Gasteiger partial charge on any atom is 0.223 e. The van der Waals surface area contributed by atoms with Gasteiger partial charge in [0, 0.05) is 24.0 Å². The van der Waals surface area contributed by atoms with E-state index in [4.69, 9.17) is 0 Å². The van der Waals surface area contributed by atoms with Crippen LogP contribution in [0.4, 0.5) is 0 Å². The standard InChI is InChI=1S/C13H23NO2S/c1-13(2,16)10-17-9-8-14-12(15)11-6-4-3-5-7-11/h3-4,11,16H,5-10H2,1-2H3,(H,14,15)/t11-/m1/s1. The number of allylic oxidation sites excluding steroid dienone is 2. The number of carbonyl (C=O) groups excluding carboxylic acids is 1. The van der Waals surface area contributed by atoms with Crippen LogP contribution in [0.2, 0.25) is 0 Å². The normalized spacial score (nSPS) is 20.3. The molecule has 0 spiro atoms. The Balaban J connectivity index is 2.06. The molecular weight excluding hydrogens is 234 g/mol. The lowest BCUT2D eigenvalue weighted by atomic mass is 9.94. The van der Waals surface area contributed by atoms with Crippen molar-refractivity contribution in [1.82, 2.24) is 5.32 Å². The first-order valence-corrected chi connectivity index (χ1v) is 7.37. The second-order valence-corrected chi connectivity index (χ2v) is 6.24. The van der Waals surface area contributed by atoms with Crippen LogP contribution in [0.15, 0.2) is 12.2 Å². The Morgan fingerprint density at radius 1 is 1.53 bits per heavy atom. The van der Waals surface area contributed by atoms with Gasteiger partial charge in [-0.2, -0.15) is 11.8 Å². The highest BCUT2D eigenvalue weighted by molar-refractivity contribution is 7.99. The van der Waals surface area contributed by atoms with Crippen molar-refractivity contribution in [2.24, 2.45) is 5.92 Å². The van der Waals surface area contributed by atoms with E-state index in [1.165, 1.54) is 0 Å². The molecule has 98 valence electrons. The van der Waals surface area contributed by atoms with Gasteiger partial charge < -0.3 is 10.4 Å². The summed E-state index contributed by atoms with van der Waals surface area (Å²) in [6.07, 6.45) is 7.10. The molecule has 0 heterocycles. The van der Waals surface area contributed by atoms with E-state index in [9.17, 15) is 9.90 Å². The maximum atomic E-state index is 11.8. The van der Waals surface area contributed by atoms with Crippen LogP contribution >= 0.6 is 11.8 Å². The molecule has 1 aliphatic rings. The van der Waals surface area contributed by atoms with E-state index in [1.807, 2.05) is 0 Å². The fourth-order valence-electron chi connectivity index (χ4n) is 1.74. The average molecular weight is 257 g/mol. The van der Waals surface area contributed by atoms with Crippen LogP contribution in [0.1, 0.15) is 33.1 Å². The van der Waals surface area contributed by atoms with Gasteiger partial charge in [-0.15, -0.1) is 0 Å². The summed E-state index contributed by atoms with van der Waals surface area (Å²) >= 11 is 1.67. The van der Waals surface area contributed by atoms with Gasteiger partial charge in [0.2, 0.25) is 5.91 Å². The third kappa shape index (κ3) is 6.74. The van der Waals surface area contributed by atoms with Crippen LogP contribution in [0.5, 0.6) is 0 Å². The largest absolute Gasteiger partial charge is 0.390 e. The van der Waals surface area contributed by atoms with Crippen LogP contribution < -0.4 is 5.32 Å². The van der Waals surface area contributed by atoms with Crippen molar-refractivity contribution < 1.29 is 9.90 Å². The van der Waals surface area contributed by atoms with Crippen LogP contribution in [-0.2, 0) is 4.79 Å². The molecular formula is C13H23NO2S. The van der Waals surface area contributed by atoms with Gasteiger partial charge >= 0.3 is 0 Å². The molecule has 0 aliphatic heterocycles. The highest BCUT2D eigenvalue weighted by atomic mass is 32.2. The Labute approximate surface area is 108 Å². The molecule has 0 saturated carbocycles. The quantitative estimate of drug-likeness (QED) is 0.565. The van der Waals surface area contributed by atoms with E-state index in [-0.39, 0.29) is 11.8 Å². The molecule has 1 rings (SSSR count). The molecule has 1 amide bonds. The summed E-state index contributed by atoms with van der Waals surface area (Å²) in [6, 6.07) is 0. The first kappa shape index (κ1) is 14.6. The molecule has 1 atom stereocenters. The number of aliphatic hydroxyl groups is 1. The van der Waals surface area contributed by atoms with Crippen molar-refractivity contribution in [2.45, 2.75) is 38.7 Å². The topological polar surface area (TPSA) is 49.3 Å². The molecule has 0 radical (unpaired) electrons. The van der Waals surface area contributed by atoms with Crippen LogP contribution in [0, 0.1) is 5.92 Å². The summed E-state index contributed by atoms with van der Waals surface area (Å²) in [7, 11) is 0. The fourth-order valence-corrected chi connectivity index (χ4v) is 2.63. The zero-order chi connectivity index (χ0) is 12.7. The predicted molar refractivity (Wildman–Crippen MR) is 73.1 cm³/mol. The Morgan fingerprint density at radius 2 is 2.29 bits per heavy atom. The molecule has 3 nitrogen and oxygen atoms in total. The lowest BCUT2D eigenvalue weighted by molar-refractivity contribution is -0.125. The molecule has 0 aromatic heterocycles. The smallest absolute Gasteiger partial charge is 0.223 e. The van der Waals surface area contributed by atoms with E-state index < -0.39 is 5.60 Å². The van der Waals surface area contributed by atoms with Crippen LogP contribution in [0.3, 0.4) is 0 Å². The summed E-state index contributed by atoms with van der Waals surface area (Å²) in [5.74, 6) is 1.91. The fraction of sp³-hybridized carbons (Fsp3) is 0.769. The van der Waals surface area contributed by atoms with E-state index in [1.54, 1.807) is 25.6 Å². The van der Waals surface area contributed by atoms with E-state index in [0.717, 1.165) is 25.0 Å². The summed E-state index contributed by atoms with van der Waals surface area (Å²) in [5.41, 5.74) is -0.622. The maximum absolute atomic E-state index is 11.8. The van der Waals surface area contributed by atoms with Crippen LogP contribution in [0.25, 0.3) is 0 Å². The number of amides is 1. The minimum Gasteiger partial charge on any atom is -0.390 e. The third-order valence-electron chi connectivity index (χ3n) is 2.64. The zero-order valence-corrected chi connectivity index (χ0v) is 11.6. The minimum atomic E-state index is -0.622. The highest BCUT2D eigenvalue weighted by Crippen LogP contribution is 2.18. The lowest BCUT2D eigenvalue weighted by Gasteiger charge is -2.18. The van der Waals surface area contributed by atoms with Gasteiger partial charge in [0.1, 0.15) is 0 Å². The molecule has 17 heavy (non-hydrogen) atoms. The van der Waals surface area contributed by atoms with E-state index in [0.29, 0.717) is 12.3 Å². The van der Waals surface area contributed by atoms with Crippen LogP contribution in [-0.4, -0.2) is 34.7 Å². The van der Waals surface area contributed by atoms with Crippen molar-refractivity contribution in [2.75, 3.05) is 18.1 Å². The average Bonchev–Trinajstić information content (AvgIpc) is 2.28. The van der Waals surface area contributed by atoms with Crippen molar-refractivity contribution in [3.63, 3.8) is 0 Å². The first-order valence-electron chi connectivity index (χ1n) is 6.22. The Morgan fingerprint density at radius 3 is 2.88 bits per heavy atom. The van der Waals surface area contributed by atoms with Gasteiger partial charge in [-0.05, 0) is 33.1 Å². The second-order valence-electron chi connectivity index (χ2n) is 5.14. The molecule has 0 unspecified atom stereocenters. The van der Waals surface area contributed by atoms with Gasteiger partial charge in [0.05, 0.1) is 5.60 Å². The van der Waals surface area contributed by atoms with Crippen molar-refractivity contribution in [3.05, 3.63) is 12.2 Å². The van der Waals surface area contributed by atoms with Gasteiger partial charge in [0.25, 0.3) is 0 Å². The molecule has 0 aromatic rings. The zero-order valence-electron chi connectivity index (χ0n) is 10.7. The molecule has 4 heteroatoms. The molecule has 0 saturated heterocycles. The SMILES string of the molecule is CC(C)(O)CSCCNC(=O)[C@@H]1CC=CCC1. The predicted octanol–water partition coefficient (Wildman–Crippen LogP) is 1.96. The summed E-state index contributed by atoms with van der Waals surface area (Å²) < 4.78 is 0. The van der Waals surface area contributed by atoms with Gasteiger partial charge in [-0.1, -0.05) is 12.2 Å². The Bertz CT molecular complexity index is 271. The number of nitrogens with one attached hydrogen (secondary N) is 1. The third-order valence-corrected chi connectivity index (χ3v) is 4.04. The van der Waals surface area contributed by atoms with Crippen molar-refractivity contribution in [1.29, 1.82) is 0 Å². The highest BCUT2D eigenvalue weighted by Gasteiger charge is 2.18. The molecule has 0 bridgehead atoms. The van der Waals surface area contributed by atoms with E-state index >= 15 is 0 Å². The van der Waals surface area contributed by atoms with Crippen molar-refractivity contribution >= 4 is 17.7 Å². The summed E-state index contributed by atoms with van der Waals surface area (Å²) in [6.45, 7) is 4.29. The monoisotopic (exact) mass is 257 g/mol. The molecule has 2 N–H and O–H groups in total. The Hall–Kier alpha value is -0.480. The number of carbonyl (C=O) groups is 1. The molecule has 0 aromatic carbocycles. The summed E-state index contributed by atoms with van der Waals surface area (Å²) in [5, 5.41) is 12.5. The van der Waals surface area contributed by atoms with Gasteiger partial charge in [-0.3, -0.25) is 4.79 Å². The number of hydrogen-bond donors (Lipinski definition) is 2. The minimum absolute atomic E-state index is 0.166. The van der Waals surface area contributed by atoms with Gasteiger partial charge in [-0.25, -0.2) is 0 Å². The summed E-state index contributed by atoms with van der Waals surface area (Å²) in [4.78, 5) is 11.8. The lowest BCUT2D eigenvalue weighted by Crippen LogP contribution is -2.33. The molecule has 0 fully saturated rings. The number of hydrogen-bond acceptors (Lipinski definition) is 3.